The number of benzene rings is 1. The van der Waals surface area contributed by atoms with Crippen molar-refractivity contribution in [3.05, 3.63) is 29.1 Å². The Kier molecular flexibility index (Phi) is 4.03. The number of carbonyl (C=O) groups is 3. The van der Waals surface area contributed by atoms with Crippen LogP contribution < -0.4 is 4.80 Å². The topological polar surface area (TPSA) is 71.7 Å². The van der Waals surface area contributed by atoms with Crippen molar-refractivity contribution >= 4 is 39.3 Å². The van der Waals surface area contributed by atoms with Crippen molar-refractivity contribution in [2.45, 2.75) is 25.7 Å². The van der Waals surface area contributed by atoms with Crippen LogP contribution in [0, 0.1) is 11.8 Å². The van der Waals surface area contributed by atoms with Crippen molar-refractivity contribution in [1.82, 2.24) is 9.47 Å². The highest BCUT2D eigenvalue weighted by Crippen LogP contribution is 2.37. The monoisotopic (exact) mass is 357 g/mol. The number of rotatable bonds is 2. The number of amides is 3. The molecule has 25 heavy (non-hydrogen) atoms. The first-order chi connectivity index (χ1) is 12.1. The van der Waals surface area contributed by atoms with E-state index in [1.165, 1.54) is 11.3 Å². The zero-order valence-corrected chi connectivity index (χ0v) is 14.8. The van der Waals surface area contributed by atoms with Gasteiger partial charge in [0.05, 0.1) is 22.1 Å². The molecule has 2 atom stereocenters. The van der Waals surface area contributed by atoms with Crippen molar-refractivity contribution in [3.8, 4) is 0 Å². The van der Waals surface area contributed by atoms with E-state index in [0.29, 0.717) is 4.80 Å². The van der Waals surface area contributed by atoms with E-state index in [2.05, 4.69) is 4.99 Å². The summed E-state index contributed by atoms with van der Waals surface area (Å²) in [7, 11) is 1.85. The molecule has 1 saturated heterocycles. The van der Waals surface area contributed by atoms with Crippen LogP contribution in [-0.4, -0.2) is 33.7 Å². The van der Waals surface area contributed by atoms with Crippen LogP contribution >= 0.6 is 11.3 Å². The molecule has 2 heterocycles. The second kappa shape index (κ2) is 6.22. The van der Waals surface area contributed by atoms with Crippen molar-refractivity contribution in [2.24, 2.45) is 23.9 Å². The normalized spacial score (nSPS) is 24.2. The van der Waals surface area contributed by atoms with Crippen LogP contribution in [0.15, 0.2) is 29.3 Å². The van der Waals surface area contributed by atoms with E-state index in [0.717, 1.165) is 40.8 Å². The van der Waals surface area contributed by atoms with Crippen LogP contribution in [-0.2, 0) is 21.4 Å². The molecule has 130 valence electrons. The number of likely N-dealkylation sites (tertiary alicyclic amines) is 1. The molecule has 6 nitrogen and oxygen atoms in total. The summed E-state index contributed by atoms with van der Waals surface area (Å²) < 4.78 is 2.89. The summed E-state index contributed by atoms with van der Waals surface area (Å²) in [6.07, 6.45) is 3.46. The van der Waals surface area contributed by atoms with Gasteiger partial charge in [-0.05, 0) is 25.0 Å². The molecule has 1 aliphatic heterocycles. The fourth-order valence-corrected chi connectivity index (χ4v) is 4.89. The maximum atomic E-state index is 12.5. The van der Waals surface area contributed by atoms with E-state index >= 15 is 0 Å². The van der Waals surface area contributed by atoms with Gasteiger partial charge in [-0.15, -0.1) is 0 Å². The number of thiazole rings is 1. The lowest BCUT2D eigenvalue weighted by molar-refractivity contribution is -0.143. The second-order valence-electron chi connectivity index (χ2n) is 6.68. The molecular formula is C18H19N3O3S. The number of aryl methyl sites for hydroxylation is 1. The Bertz CT molecular complexity index is 918. The quantitative estimate of drug-likeness (QED) is 0.770. The first kappa shape index (κ1) is 16.2. The molecule has 0 radical (unpaired) electrons. The predicted octanol–water partition coefficient (Wildman–Crippen LogP) is 1.84. The Labute approximate surface area is 148 Å². The molecule has 1 aromatic heterocycles. The third-order valence-corrected chi connectivity index (χ3v) is 6.27. The number of fused-ring (bicyclic) bond motifs is 2. The van der Waals surface area contributed by atoms with Gasteiger partial charge in [-0.3, -0.25) is 19.3 Å². The second-order valence-corrected chi connectivity index (χ2v) is 7.69. The molecule has 3 amide bonds. The van der Waals surface area contributed by atoms with Crippen LogP contribution in [0.25, 0.3) is 10.2 Å². The minimum atomic E-state index is -0.456. The van der Waals surface area contributed by atoms with Gasteiger partial charge in [-0.25, -0.2) is 0 Å². The van der Waals surface area contributed by atoms with Crippen molar-refractivity contribution in [1.29, 1.82) is 0 Å². The molecule has 2 unspecified atom stereocenters. The van der Waals surface area contributed by atoms with Gasteiger partial charge in [0.2, 0.25) is 11.8 Å². The lowest BCUT2D eigenvalue weighted by atomic mass is 9.81. The first-order valence-electron chi connectivity index (χ1n) is 8.53. The summed E-state index contributed by atoms with van der Waals surface area (Å²) in [5.41, 5.74) is 0.999. The fourth-order valence-electron chi connectivity index (χ4n) is 3.85. The third-order valence-electron chi connectivity index (χ3n) is 5.16. The van der Waals surface area contributed by atoms with Gasteiger partial charge < -0.3 is 4.57 Å². The van der Waals surface area contributed by atoms with E-state index in [9.17, 15) is 14.4 Å². The molecule has 7 heteroatoms. The molecule has 1 saturated carbocycles. The smallest absolute Gasteiger partial charge is 0.268 e. The van der Waals surface area contributed by atoms with Gasteiger partial charge in [0.1, 0.15) is 6.54 Å². The van der Waals surface area contributed by atoms with Crippen LogP contribution in [0.1, 0.15) is 25.7 Å². The van der Waals surface area contributed by atoms with Crippen LogP contribution in [0.5, 0.6) is 0 Å². The Morgan fingerprint density at radius 1 is 1.16 bits per heavy atom. The Hall–Kier alpha value is -2.28. The molecule has 0 bridgehead atoms. The number of imide groups is 1. The van der Waals surface area contributed by atoms with Gasteiger partial charge in [-0.1, -0.05) is 36.3 Å². The zero-order chi connectivity index (χ0) is 17.6. The van der Waals surface area contributed by atoms with Gasteiger partial charge in [-0.2, -0.15) is 4.99 Å². The summed E-state index contributed by atoms with van der Waals surface area (Å²) in [5, 5.41) is 0. The fraction of sp³-hybridized carbons (Fsp3) is 0.444. The van der Waals surface area contributed by atoms with Crippen LogP contribution in [0.4, 0.5) is 0 Å². The lowest BCUT2D eigenvalue weighted by Gasteiger charge is -2.19. The lowest BCUT2D eigenvalue weighted by Crippen LogP contribution is -2.36. The minimum absolute atomic E-state index is 0.195. The third kappa shape index (κ3) is 2.72. The summed E-state index contributed by atoms with van der Waals surface area (Å²) in [6.45, 7) is -0.251. The van der Waals surface area contributed by atoms with E-state index in [-0.39, 0.29) is 30.2 Å². The average Bonchev–Trinajstić information content (AvgIpc) is 3.06. The van der Waals surface area contributed by atoms with Crippen LogP contribution in [0.2, 0.25) is 0 Å². The molecule has 0 N–H and O–H groups in total. The number of nitrogens with zero attached hydrogens (tertiary/aromatic N) is 3. The van der Waals surface area contributed by atoms with Crippen molar-refractivity contribution in [3.63, 3.8) is 0 Å². The maximum Gasteiger partial charge on any atom is 0.268 e. The highest BCUT2D eigenvalue weighted by Gasteiger charge is 2.48. The van der Waals surface area contributed by atoms with Gasteiger partial charge in [0.25, 0.3) is 5.91 Å². The Morgan fingerprint density at radius 3 is 2.44 bits per heavy atom. The Morgan fingerprint density at radius 2 is 1.80 bits per heavy atom. The summed E-state index contributed by atoms with van der Waals surface area (Å²) in [5.74, 6) is -1.30. The van der Waals surface area contributed by atoms with E-state index < -0.39 is 5.91 Å². The van der Waals surface area contributed by atoms with Gasteiger partial charge in [0.15, 0.2) is 4.80 Å². The maximum absolute atomic E-state index is 12.5. The predicted molar refractivity (Wildman–Crippen MR) is 93.5 cm³/mol. The Balaban J connectivity index is 1.58. The van der Waals surface area contributed by atoms with Gasteiger partial charge in [0, 0.05) is 7.05 Å². The number of para-hydroxylation sites is 1. The number of hydrogen-bond acceptors (Lipinski definition) is 4. The van der Waals surface area contributed by atoms with E-state index in [4.69, 9.17) is 0 Å². The molecular weight excluding hydrogens is 338 g/mol. The van der Waals surface area contributed by atoms with Crippen molar-refractivity contribution < 1.29 is 14.4 Å². The molecule has 1 aromatic carbocycles. The standard InChI is InChI=1S/C18H19N3O3S/c1-20-13-8-4-5-9-14(13)25-18(20)19-15(22)10-21-16(23)11-6-2-3-7-12(11)17(21)24/h4-5,8-9,11-12H,2-3,6-7,10H2,1H3. The van der Waals surface area contributed by atoms with Crippen LogP contribution in [0.3, 0.4) is 0 Å². The van der Waals surface area contributed by atoms with E-state index in [1.807, 2.05) is 35.9 Å². The highest BCUT2D eigenvalue weighted by molar-refractivity contribution is 7.16. The van der Waals surface area contributed by atoms with Crippen molar-refractivity contribution in [2.75, 3.05) is 6.54 Å². The summed E-state index contributed by atoms with van der Waals surface area (Å²) >= 11 is 1.42. The first-order valence-corrected chi connectivity index (χ1v) is 9.35. The minimum Gasteiger partial charge on any atom is -0.319 e. The number of hydrogen-bond donors (Lipinski definition) is 0. The number of carbonyl (C=O) groups excluding carboxylic acids is 3. The molecule has 2 aliphatic rings. The molecule has 1 aliphatic carbocycles. The molecule has 0 spiro atoms. The average molecular weight is 357 g/mol. The highest BCUT2D eigenvalue weighted by atomic mass is 32.1. The molecule has 2 fully saturated rings. The SMILES string of the molecule is Cn1c(=NC(=O)CN2C(=O)C3CCCCC3C2=O)sc2ccccc21. The molecule has 4 rings (SSSR count). The molecule has 2 aromatic rings. The summed E-state index contributed by atoms with van der Waals surface area (Å²) in [6, 6.07) is 7.81. The van der Waals surface area contributed by atoms with Gasteiger partial charge >= 0.3 is 0 Å². The zero-order valence-electron chi connectivity index (χ0n) is 14.0. The number of aromatic nitrogens is 1. The largest absolute Gasteiger partial charge is 0.319 e. The summed E-state index contributed by atoms with van der Waals surface area (Å²) in [4.78, 5) is 43.1. The van der Waals surface area contributed by atoms with E-state index in [1.54, 1.807) is 0 Å².